The minimum atomic E-state index is -1.18. The number of likely N-dealkylation sites (N-methyl/N-ethyl adjacent to an activating group) is 1. The monoisotopic (exact) mass is 382 g/mol. The smallest absolute Gasteiger partial charge is 0.318 e. The zero-order chi connectivity index (χ0) is 19.5. The van der Waals surface area contributed by atoms with E-state index < -0.39 is 22.8 Å². The molecule has 0 amide bonds. The number of allylic oxidation sites excluding steroid dienone is 1. The van der Waals surface area contributed by atoms with Crippen LogP contribution in [0.5, 0.6) is 0 Å². The highest BCUT2D eigenvalue weighted by Crippen LogP contribution is 2.77. The molecule has 7 aliphatic rings. The molecule has 148 valence electrons. The average molecular weight is 382 g/mol. The first-order chi connectivity index (χ1) is 13.5. The summed E-state index contributed by atoms with van der Waals surface area (Å²) in [5.74, 6) is -0.433. The van der Waals surface area contributed by atoms with Crippen LogP contribution in [0.25, 0.3) is 0 Å². The topological polar surface area (TPSA) is 62.2 Å². The van der Waals surface area contributed by atoms with Crippen LogP contribution >= 0.6 is 0 Å². The van der Waals surface area contributed by atoms with Gasteiger partial charge in [0.25, 0.3) is 0 Å². The normalized spacial score (nSPS) is 48.6. The number of para-hydroxylation sites is 1. The molecule has 1 aromatic carbocycles. The van der Waals surface area contributed by atoms with Crippen molar-refractivity contribution in [2.75, 3.05) is 32.1 Å². The second-order valence-corrected chi connectivity index (χ2v) is 8.87. The van der Waals surface area contributed by atoms with Crippen LogP contribution in [-0.4, -0.2) is 61.3 Å². The van der Waals surface area contributed by atoms with E-state index in [4.69, 9.17) is 9.47 Å². The van der Waals surface area contributed by atoms with E-state index in [9.17, 15) is 9.90 Å². The first kappa shape index (κ1) is 17.0. The predicted octanol–water partition coefficient (Wildman–Crippen LogP) is 1.63. The molecule has 1 N–H and O–H groups in total. The first-order valence-electron chi connectivity index (χ1n) is 10.2. The summed E-state index contributed by atoms with van der Waals surface area (Å²) in [6, 6.07) is 8.37. The standard InChI is InChI=1S/C22H26N2O4/c1-4-13-12-24-10-9-20-14-7-5-6-8-16(14)23(2)22(20,24)17-11-15(13)21(20,18(25)27-3)19(26)28-17/h4-8,15,17,19,26H,9-12H2,1-3H3/t15-,17+,19+,20-,21-,22-/m0/s1. The van der Waals surface area contributed by atoms with Crippen molar-refractivity contribution in [2.45, 2.75) is 43.2 Å². The summed E-state index contributed by atoms with van der Waals surface area (Å²) in [6.45, 7) is 3.71. The van der Waals surface area contributed by atoms with Gasteiger partial charge in [-0.3, -0.25) is 9.69 Å². The number of nitrogens with zero attached hydrogens (tertiary/aromatic N) is 2. The third-order valence-electron chi connectivity index (χ3n) is 8.66. The number of aliphatic hydroxyl groups is 1. The summed E-state index contributed by atoms with van der Waals surface area (Å²) >= 11 is 0. The van der Waals surface area contributed by atoms with Crippen molar-refractivity contribution in [1.29, 1.82) is 0 Å². The van der Waals surface area contributed by atoms with Gasteiger partial charge in [0.15, 0.2) is 6.29 Å². The molecule has 1 unspecified atom stereocenters. The summed E-state index contributed by atoms with van der Waals surface area (Å²) in [5.41, 5.74) is 1.31. The number of ether oxygens (including phenoxy) is 2. The number of anilines is 1. The molecule has 0 radical (unpaired) electrons. The van der Waals surface area contributed by atoms with Crippen molar-refractivity contribution in [3.05, 3.63) is 41.5 Å². The van der Waals surface area contributed by atoms with Crippen molar-refractivity contribution < 1.29 is 19.4 Å². The van der Waals surface area contributed by atoms with Crippen LogP contribution in [0.15, 0.2) is 35.9 Å². The predicted molar refractivity (Wildman–Crippen MR) is 103 cm³/mol. The van der Waals surface area contributed by atoms with Gasteiger partial charge in [0.2, 0.25) is 0 Å². The Hall–Kier alpha value is -1.89. The summed E-state index contributed by atoms with van der Waals surface area (Å²) < 4.78 is 11.7. The highest BCUT2D eigenvalue weighted by atomic mass is 16.6. The van der Waals surface area contributed by atoms with Gasteiger partial charge in [0.1, 0.15) is 11.1 Å². The third kappa shape index (κ3) is 1.31. The Morgan fingerprint density at radius 3 is 2.93 bits per heavy atom. The molecule has 1 aliphatic carbocycles. The molecule has 1 aromatic rings. The molecule has 28 heavy (non-hydrogen) atoms. The van der Waals surface area contributed by atoms with Gasteiger partial charge >= 0.3 is 5.97 Å². The lowest BCUT2D eigenvalue weighted by molar-refractivity contribution is -0.331. The molecular weight excluding hydrogens is 356 g/mol. The quantitative estimate of drug-likeness (QED) is 0.589. The Kier molecular flexibility index (Phi) is 3.03. The van der Waals surface area contributed by atoms with Crippen LogP contribution in [0.2, 0.25) is 0 Å². The minimum Gasteiger partial charge on any atom is -0.468 e. The van der Waals surface area contributed by atoms with Crippen LogP contribution in [0.3, 0.4) is 0 Å². The van der Waals surface area contributed by atoms with Crippen LogP contribution in [0.4, 0.5) is 5.69 Å². The minimum absolute atomic E-state index is 0.0864. The summed E-state index contributed by atoms with van der Waals surface area (Å²) in [5, 5.41) is 11.4. The molecular formula is C22H26N2O4. The van der Waals surface area contributed by atoms with Gasteiger partial charge in [-0.1, -0.05) is 29.8 Å². The van der Waals surface area contributed by atoms with Gasteiger partial charge in [-0.15, -0.1) is 0 Å². The Balaban J connectivity index is 1.80. The number of aliphatic hydroxyl groups excluding tert-OH is 1. The molecule has 6 fully saturated rings. The SMILES string of the molecule is CC=C1CN2CC[C@@]34c5ccccc5N(C)[C@@]23[C@H]2C[C@@H]1[C@]4(C(=O)OC)[C@H](O)O2. The van der Waals surface area contributed by atoms with Crippen molar-refractivity contribution in [2.24, 2.45) is 11.3 Å². The number of esters is 1. The van der Waals surface area contributed by atoms with Crippen molar-refractivity contribution >= 4 is 11.7 Å². The second-order valence-electron chi connectivity index (χ2n) is 8.87. The largest absolute Gasteiger partial charge is 0.468 e. The van der Waals surface area contributed by atoms with Crippen molar-refractivity contribution in [1.82, 2.24) is 4.90 Å². The number of methoxy groups -OCH3 is 1. The van der Waals surface area contributed by atoms with Gasteiger partial charge < -0.3 is 19.5 Å². The zero-order valence-corrected chi connectivity index (χ0v) is 16.5. The van der Waals surface area contributed by atoms with E-state index in [0.717, 1.165) is 37.2 Å². The molecule has 1 spiro atoms. The highest BCUT2D eigenvalue weighted by molar-refractivity contribution is 5.87. The van der Waals surface area contributed by atoms with Crippen LogP contribution in [0.1, 0.15) is 25.3 Å². The van der Waals surface area contributed by atoms with Crippen LogP contribution < -0.4 is 4.90 Å². The molecule has 0 aromatic heterocycles. The van der Waals surface area contributed by atoms with E-state index in [1.807, 2.05) is 19.1 Å². The van der Waals surface area contributed by atoms with E-state index in [1.54, 1.807) is 0 Å². The highest BCUT2D eigenvalue weighted by Gasteiger charge is 2.89. The molecule has 6 nitrogen and oxygen atoms in total. The lowest BCUT2D eigenvalue weighted by Gasteiger charge is -2.67. The maximum absolute atomic E-state index is 13.7. The van der Waals surface area contributed by atoms with E-state index >= 15 is 0 Å². The molecule has 6 heterocycles. The van der Waals surface area contributed by atoms with Gasteiger partial charge in [-0.05, 0) is 31.4 Å². The molecule has 7 atom stereocenters. The van der Waals surface area contributed by atoms with E-state index in [1.165, 1.54) is 12.7 Å². The number of carbonyl (C=O) groups excluding carboxylic acids is 1. The number of hydrogen-bond donors (Lipinski definition) is 1. The molecule has 1 saturated carbocycles. The maximum atomic E-state index is 13.7. The number of hydrogen-bond acceptors (Lipinski definition) is 6. The maximum Gasteiger partial charge on any atom is 0.318 e. The third-order valence-corrected chi connectivity index (χ3v) is 8.66. The Labute approximate surface area is 164 Å². The molecule has 8 rings (SSSR count). The van der Waals surface area contributed by atoms with Crippen molar-refractivity contribution in [3.8, 4) is 0 Å². The summed E-state index contributed by atoms with van der Waals surface area (Å²) in [7, 11) is 3.56. The van der Waals surface area contributed by atoms with E-state index in [2.05, 4.69) is 35.1 Å². The summed E-state index contributed by atoms with van der Waals surface area (Å²) in [4.78, 5) is 18.5. The molecule has 6 aliphatic heterocycles. The number of rotatable bonds is 1. The fourth-order valence-corrected chi connectivity index (χ4v) is 8.01. The van der Waals surface area contributed by atoms with E-state index in [0.29, 0.717) is 0 Å². The molecule has 6 heteroatoms. The van der Waals surface area contributed by atoms with Gasteiger partial charge in [-0.25, -0.2) is 0 Å². The first-order valence-corrected chi connectivity index (χ1v) is 10.2. The molecule has 5 saturated heterocycles. The fraction of sp³-hybridized carbons (Fsp3) is 0.591. The number of carbonyl (C=O) groups is 1. The Morgan fingerprint density at radius 2 is 2.18 bits per heavy atom. The lowest BCUT2D eigenvalue weighted by atomic mass is 9.43. The van der Waals surface area contributed by atoms with Gasteiger partial charge in [-0.2, -0.15) is 0 Å². The number of benzene rings is 1. The van der Waals surface area contributed by atoms with Gasteiger partial charge in [0, 0.05) is 31.7 Å². The fourth-order valence-electron chi connectivity index (χ4n) is 8.01. The number of fused-ring (bicyclic) bond motifs is 3. The Morgan fingerprint density at radius 1 is 1.39 bits per heavy atom. The van der Waals surface area contributed by atoms with Gasteiger partial charge in [0.05, 0.1) is 18.6 Å². The van der Waals surface area contributed by atoms with Crippen LogP contribution in [0, 0.1) is 11.3 Å². The average Bonchev–Trinajstić information content (AvgIpc) is 3.11. The Bertz CT molecular complexity index is 931. The second kappa shape index (κ2) is 4.99. The zero-order valence-electron chi connectivity index (χ0n) is 16.5. The van der Waals surface area contributed by atoms with E-state index in [-0.39, 0.29) is 18.0 Å². The van der Waals surface area contributed by atoms with Crippen molar-refractivity contribution in [3.63, 3.8) is 0 Å². The molecule has 6 bridgehead atoms. The lowest BCUT2D eigenvalue weighted by Crippen LogP contribution is -2.83. The van der Waals surface area contributed by atoms with Crippen LogP contribution in [-0.2, 0) is 19.7 Å². The summed E-state index contributed by atoms with van der Waals surface area (Å²) in [6.07, 6.45) is 2.33.